The number of fused-ring (bicyclic) bond motifs is 1. The molecule has 266 valence electrons. The molecule has 4 rings (SSSR count). The van der Waals surface area contributed by atoms with Crippen LogP contribution in [0.15, 0.2) is 50.5 Å². The molecule has 15 nitrogen and oxygen atoms in total. The van der Waals surface area contributed by atoms with Gasteiger partial charge in [0.1, 0.15) is 23.8 Å². The molecule has 1 aromatic carbocycles. The second-order valence-corrected chi connectivity index (χ2v) is 14.1. The Morgan fingerprint density at radius 3 is 2.37 bits per heavy atom. The molecule has 0 radical (unpaired) electrons. The molecule has 1 aliphatic heterocycles. The molecular formula is C34H46N6O9. The van der Waals surface area contributed by atoms with Crippen LogP contribution in [0.1, 0.15) is 73.3 Å². The van der Waals surface area contributed by atoms with Crippen molar-refractivity contribution < 1.29 is 33.4 Å². The minimum atomic E-state index is -2.25. The van der Waals surface area contributed by atoms with Crippen LogP contribution in [0.2, 0.25) is 0 Å². The van der Waals surface area contributed by atoms with E-state index in [1.165, 1.54) is 13.8 Å². The highest BCUT2D eigenvalue weighted by molar-refractivity contribution is 6.15. The highest BCUT2D eigenvalue weighted by Crippen LogP contribution is 2.33. The van der Waals surface area contributed by atoms with E-state index in [1.807, 2.05) is 24.8 Å². The number of esters is 1. The number of oxazole rings is 1. The molecule has 3 heterocycles. The van der Waals surface area contributed by atoms with Crippen LogP contribution >= 0.6 is 0 Å². The largest absolute Gasteiger partial charge is 0.459 e. The number of carbonyl (C=O) groups excluding carboxylic acids is 4. The number of nitrogens with two attached hydrogens (primary N) is 1. The molecule has 3 aromatic rings. The summed E-state index contributed by atoms with van der Waals surface area (Å²) in [7, 11) is 0. The number of amides is 2. The number of nitrogens with zero attached hydrogens (tertiary/aromatic N) is 4. The summed E-state index contributed by atoms with van der Waals surface area (Å²) < 4.78 is 12.5. The van der Waals surface area contributed by atoms with Gasteiger partial charge < -0.3 is 20.0 Å². The van der Waals surface area contributed by atoms with E-state index in [-0.39, 0.29) is 11.8 Å². The Balaban J connectivity index is 1.53. The molecule has 49 heavy (non-hydrogen) atoms. The zero-order valence-electron chi connectivity index (χ0n) is 29.0. The summed E-state index contributed by atoms with van der Waals surface area (Å²) in [5.74, 6) is -4.33. The number of para-hydroxylation sites is 2. The van der Waals surface area contributed by atoms with E-state index in [0.717, 1.165) is 16.8 Å². The van der Waals surface area contributed by atoms with Gasteiger partial charge in [0.2, 0.25) is 11.8 Å². The van der Waals surface area contributed by atoms with Gasteiger partial charge in [0, 0.05) is 18.3 Å². The molecule has 2 aromatic heterocycles. The molecule has 1 fully saturated rings. The van der Waals surface area contributed by atoms with Crippen molar-refractivity contribution in [2.45, 2.75) is 104 Å². The average molecular weight is 683 g/mol. The Labute approximate surface area is 283 Å². The number of carbonyl (C=O) groups is 4. The van der Waals surface area contributed by atoms with E-state index in [0.29, 0.717) is 35.1 Å². The number of ketones is 1. The third-order valence-corrected chi connectivity index (χ3v) is 8.70. The number of Topliss-reactive ketones (excluding diaryl/α,β-unsaturated/α-hetero) is 1. The standard InChI is InChI=1S/C34H46N6O9/c1-19(2)27(28(44)30-36-21-11-8-9-13-23(21)48-30)39-15-10-12-22(39)29(45)37-31(46)34(35,20(3)4)24(41)17-38-16-14-25(42)40(32(38)47)18-26(43)49-33(5,6)7/h8-9,11,13-14,16,19-20,22,27-28,44H,10,12,15,17-18,35H2,1-7H3,(H,37,45,46)/t22-,27-,28?,34+/m0/s1. The van der Waals surface area contributed by atoms with Gasteiger partial charge in [-0.25, -0.2) is 14.3 Å². The van der Waals surface area contributed by atoms with Crippen LogP contribution < -0.4 is 22.3 Å². The lowest BCUT2D eigenvalue weighted by atomic mass is 9.82. The van der Waals surface area contributed by atoms with Crippen molar-refractivity contribution in [1.29, 1.82) is 0 Å². The second kappa shape index (κ2) is 14.6. The summed E-state index contributed by atoms with van der Waals surface area (Å²) in [5, 5.41) is 13.8. The summed E-state index contributed by atoms with van der Waals surface area (Å²) in [6, 6.07) is 6.69. The number of likely N-dealkylation sites (tertiary alicyclic amines) is 1. The van der Waals surface area contributed by atoms with Crippen LogP contribution in [0.3, 0.4) is 0 Å². The smallest absolute Gasteiger partial charge is 0.331 e. The molecule has 1 unspecified atom stereocenters. The van der Waals surface area contributed by atoms with Crippen molar-refractivity contribution in [2.24, 2.45) is 17.6 Å². The van der Waals surface area contributed by atoms with E-state index in [9.17, 15) is 33.9 Å². The van der Waals surface area contributed by atoms with Gasteiger partial charge in [-0.1, -0.05) is 39.8 Å². The van der Waals surface area contributed by atoms with Gasteiger partial charge in [0.05, 0.1) is 12.6 Å². The van der Waals surface area contributed by atoms with Crippen molar-refractivity contribution in [3.8, 4) is 0 Å². The van der Waals surface area contributed by atoms with Crippen molar-refractivity contribution >= 4 is 34.7 Å². The van der Waals surface area contributed by atoms with Gasteiger partial charge in [-0.3, -0.25) is 38.8 Å². The number of hydrogen-bond donors (Lipinski definition) is 3. The van der Waals surface area contributed by atoms with Gasteiger partial charge in [-0.15, -0.1) is 0 Å². The summed E-state index contributed by atoms with van der Waals surface area (Å²) in [6.45, 7) is 10.8. The normalized spacial score (nSPS) is 18.0. The van der Waals surface area contributed by atoms with Crippen LogP contribution in [0.5, 0.6) is 0 Å². The zero-order chi connectivity index (χ0) is 36.4. The van der Waals surface area contributed by atoms with Crippen molar-refractivity contribution in [3.63, 3.8) is 0 Å². The van der Waals surface area contributed by atoms with E-state index in [1.54, 1.807) is 39.0 Å². The van der Waals surface area contributed by atoms with E-state index >= 15 is 0 Å². The molecule has 0 aliphatic carbocycles. The number of aliphatic hydroxyl groups is 1. The Bertz CT molecular complexity index is 1800. The fourth-order valence-corrected chi connectivity index (χ4v) is 6.14. The molecule has 4 atom stereocenters. The first-order valence-corrected chi connectivity index (χ1v) is 16.3. The predicted molar refractivity (Wildman–Crippen MR) is 178 cm³/mol. The van der Waals surface area contributed by atoms with E-state index in [2.05, 4.69) is 10.3 Å². The topological polar surface area (TPSA) is 209 Å². The van der Waals surface area contributed by atoms with Gasteiger partial charge in [0.15, 0.2) is 16.9 Å². The first-order chi connectivity index (χ1) is 22.8. The van der Waals surface area contributed by atoms with Crippen LogP contribution in [-0.4, -0.2) is 77.5 Å². The SMILES string of the molecule is CC(C)[C@@H](C(O)c1nc2ccccc2o1)N1CCC[C@H]1C(=O)NC(=O)[C@](N)(C(=O)Cn1ccc(=O)n(CC(=O)OC(C)(C)C)c1=O)C(C)C. The predicted octanol–water partition coefficient (Wildman–Crippen LogP) is 1.28. The Morgan fingerprint density at radius 2 is 1.76 bits per heavy atom. The van der Waals surface area contributed by atoms with Crippen LogP contribution in [-0.2, 0) is 37.0 Å². The summed E-state index contributed by atoms with van der Waals surface area (Å²) in [5.41, 5.74) is 2.68. The molecule has 1 aliphatic rings. The number of rotatable bonds is 12. The lowest BCUT2D eigenvalue weighted by molar-refractivity contribution is -0.155. The number of aliphatic hydroxyl groups excluding tert-OH is 1. The number of nitrogens with one attached hydrogen (secondary N) is 1. The fraction of sp³-hybridized carbons (Fsp3) is 0.559. The van der Waals surface area contributed by atoms with Gasteiger partial charge >= 0.3 is 11.7 Å². The molecule has 0 bridgehead atoms. The Kier molecular flexibility index (Phi) is 11.1. The molecule has 15 heteroatoms. The number of benzene rings is 1. The second-order valence-electron chi connectivity index (χ2n) is 14.1. The minimum absolute atomic E-state index is 0.112. The van der Waals surface area contributed by atoms with Gasteiger partial charge in [-0.2, -0.15) is 0 Å². The lowest BCUT2D eigenvalue weighted by Gasteiger charge is -2.37. The Morgan fingerprint density at radius 1 is 1.08 bits per heavy atom. The van der Waals surface area contributed by atoms with Crippen molar-refractivity contribution in [2.75, 3.05) is 6.54 Å². The van der Waals surface area contributed by atoms with E-state index < -0.39 is 83.2 Å². The highest BCUT2D eigenvalue weighted by Gasteiger charge is 2.48. The van der Waals surface area contributed by atoms with Gasteiger partial charge in [0.25, 0.3) is 11.5 Å². The summed E-state index contributed by atoms with van der Waals surface area (Å²) >= 11 is 0. The summed E-state index contributed by atoms with van der Waals surface area (Å²) in [4.78, 5) is 85.2. The molecule has 4 N–H and O–H groups in total. The van der Waals surface area contributed by atoms with Crippen LogP contribution in [0, 0.1) is 11.8 Å². The monoisotopic (exact) mass is 682 g/mol. The number of aromatic nitrogens is 3. The minimum Gasteiger partial charge on any atom is -0.459 e. The third-order valence-electron chi connectivity index (χ3n) is 8.70. The van der Waals surface area contributed by atoms with Crippen LogP contribution in [0.25, 0.3) is 11.1 Å². The maximum atomic E-state index is 13.7. The first kappa shape index (κ1) is 37.4. The molecule has 0 spiro atoms. The van der Waals surface area contributed by atoms with Gasteiger partial charge in [-0.05, 0) is 64.1 Å². The highest BCUT2D eigenvalue weighted by atomic mass is 16.6. The maximum Gasteiger partial charge on any atom is 0.331 e. The maximum absolute atomic E-state index is 13.7. The zero-order valence-corrected chi connectivity index (χ0v) is 29.0. The quantitative estimate of drug-likeness (QED) is 0.182. The number of ether oxygens (including phenoxy) is 1. The molecular weight excluding hydrogens is 636 g/mol. The summed E-state index contributed by atoms with van der Waals surface area (Å²) in [6.07, 6.45) is 0.876. The number of imide groups is 1. The number of hydrogen-bond acceptors (Lipinski definition) is 12. The fourth-order valence-electron chi connectivity index (χ4n) is 6.14. The van der Waals surface area contributed by atoms with Crippen molar-refractivity contribution in [3.05, 3.63) is 63.3 Å². The van der Waals surface area contributed by atoms with Crippen LogP contribution in [0.4, 0.5) is 0 Å². The lowest BCUT2D eigenvalue weighted by Crippen LogP contribution is -2.66. The molecule has 1 saturated heterocycles. The molecule has 2 amide bonds. The van der Waals surface area contributed by atoms with E-state index in [4.69, 9.17) is 14.9 Å². The third kappa shape index (κ3) is 8.06. The van der Waals surface area contributed by atoms with Crippen molar-refractivity contribution in [1.82, 2.24) is 24.3 Å². The Hall–Kier alpha value is -4.47. The first-order valence-electron chi connectivity index (χ1n) is 16.3. The average Bonchev–Trinajstić information content (AvgIpc) is 3.67. The molecule has 0 saturated carbocycles.